The molecule has 1 aromatic rings. The Labute approximate surface area is 181 Å². The van der Waals surface area contributed by atoms with E-state index in [0.29, 0.717) is 18.5 Å². The predicted molar refractivity (Wildman–Crippen MR) is 123 cm³/mol. The van der Waals surface area contributed by atoms with Crippen molar-refractivity contribution in [2.24, 2.45) is 16.6 Å². The standard InChI is InChI=1S/C23H39N5O2/c1-17(2)15-30-20-8-6-18(7-9-20)23(3,4)16-26-22(25-5)27-19-10-12-28(13-11-19)14-21(24)29/h6-9,17,19H,10-16H2,1-5H3,(H2,24,29)(H2,25,26,27). The van der Waals surface area contributed by atoms with Crippen LogP contribution in [0.1, 0.15) is 46.1 Å². The van der Waals surface area contributed by atoms with Crippen molar-refractivity contribution in [3.8, 4) is 5.75 Å². The molecule has 0 spiro atoms. The molecule has 1 heterocycles. The molecule has 1 amide bonds. The zero-order valence-corrected chi connectivity index (χ0v) is 19.2. The highest BCUT2D eigenvalue weighted by atomic mass is 16.5. The van der Waals surface area contributed by atoms with Crippen molar-refractivity contribution in [1.82, 2.24) is 15.5 Å². The third-order valence-electron chi connectivity index (χ3n) is 5.45. The number of ether oxygens (including phenoxy) is 1. The van der Waals surface area contributed by atoms with Crippen molar-refractivity contribution in [3.05, 3.63) is 29.8 Å². The molecule has 0 unspecified atom stereocenters. The molecule has 30 heavy (non-hydrogen) atoms. The molecular weight excluding hydrogens is 378 g/mol. The first-order valence-corrected chi connectivity index (χ1v) is 10.9. The van der Waals surface area contributed by atoms with E-state index in [2.05, 4.69) is 60.4 Å². The largest absolute Gasteiger partial charge is 0.493 e. The zero-order chi connectivity index (χ0) is 22.1. The number of likely N-dealkylation sites (tertiary alicyclic amines) is 1. The number of benzene rings is 1. The van der Waals surface area contributed by atoms with Crippen LogP contribution in [0.2, 0.25) is 0 Å². The number of hydrogen-bond acceptors (Lipinski definition) is 4. The number of aliphatic imine (C=N–C) groups is 1. The normalized spacial score (nSPS) is 16.5. The molecule has 1 saturated heterocycles. The molecular formula is C23H39N5O2. The second kappa shape index (κ2) is 11.2. The lowest BCUT2D eigenvalue weighted by molar-refractivity contribution is -0.119. The summed E-state index contributed by atoms with van der Waals surface area (Å²) in [6.45, 7) is 12.3. The van der Waals surface area contributed by atoms with E-state index < -0.39 is 0 Å². The van der Waals surface area contributed by atoms with E-state index in [-0.39, 0.29) is 11.3 Å². The van der Waals surface area contributed by atoms with E-state index in [9.17, 15) is 4.79 Å². The van der Waals surface area contributed by atoms with Gasteiger partial charge in [0.05, 0.1) is 13.2 Å². The van der Waals surface area contributed by atoms with Crippen LogP contribution in [0, 0.1) is 5.92 Å². The van der Waals surface area contributed by atoms with E-state index in [4.69, 9.17) is 10.5 Å². The Hall–Kier alpha value is -2.28. The Bertz CT molecular complexity index is 692. The molecule has 0 aliphatic carbocycles. The number of rotatable bonds is 9. The van der Waals surface area contributed by atoms with Crippen molar-refractivity contribution in [1.29, 1.82) is 0 Å². The molecule has 1 fully saturated rings. The quantitative estimate of drug-likeness (QED) is 0.423. The van der Waals surface area contributed by atoms with Crippen molar-refractivity contribution < 1.29 is 9.53 Å². The lowest BCUT2D eigenvalue weighted by Gasteiger charge is -2.33. The highest BCUT2D eigenvalue weighted by Crippen LogP contribution is 2.25. The van der Waals surface area contributed by atoms with Crippen LogP contribution in [-0.2, 0) is 10.2 Å². The van der Waals surface area contributed by atoms with Crippen LogP contribution in [0.4, 0.5) is 0 Å². The van der Waals surface area contributed by atoms with Crippen LogP contribution in [0.15, 0.2) is 29.3 Å². The molecule has 4 N–H and O–H groups in total. The van der Waals surface area contributed by atoms with Crippen LogP contribution in [0.5, 0.6) is 5.75 Å². The lowest BCUT2D eigenvalue weighted by Crippen LogP contribution is -2.51. The van der Waals surface area contributed by atoms with E-state index >= 15 is 0 Å². The van der Waals surface area contributed by atoms with Gasteiger partial charge in [-0.25, -0.2) is 0 Å². The third-order valence-corrected chi connectivity index (χ3v) is 5.45. The Balaban J connectivity index is 1.82. The molecule has 7 nitrogen and oxygen atoms in total. The first kappa shape index (κ1) is 24.0. The maximum atomic E-state index is 11.1. The Kier molecular flexibility index (Phi) is 8.96. The molecule has 168 valence electrons. The second-order valence-electron chi connectivity index (χ2n) is 9.20. The fourth-order valence-electron chi connectivity index (χ4n) is 3.52. The molecule has 0 atom stereocenters. The average molecular weight is 418 g/mol. The first-order chi connectivity index (χ1) is 14.2. The number of amides is 1. The molecule has 1 aromatic carbocycles. The topological polar surface area (TPSA) is 92.0 Å². The summed E-state index contributed by atoms with van der Waals surface area (Å²) < 4.78 is 5.79. The number of hydrogen-bond donors (Lipinski definition) is 3. The van der Waals surface area contributed by atoms with Gasteiger partial charge in [-0.2, -0.15) is 0 Å². The molecule has 2 rings (SSSR count). The molecule has 0 radical (unpaired) electrons. The van der Waals surface area contributed by atoms with Crippen molar-refractivity contribution in [2.75, 3.05) is 39.8 Å². The van der Waals surface area contributed by atoms with E-state index in [1.165, 1.54) is 5.56 Å². The first-order valence-electron chi connectivity index (χ1n) is 10.9. The van der Waals surface area contributed by atoms with Crippen molar-refractivity contribution in [2.45, 2.75) is 52.0 Å². The van der Waals surface area contributed by atoms with Gasteiger partial charge in [0.25, 0.3) is 0 Å². The van der Waals surface area contributed by atoms with Crippen LogP contribution >= 0.6 is 0 Å². The van der Waals surface area contributed by atoms with Gasteiger partial charge in [-0.1, -0.05) is 39.8 Å². The minimum absolute atomic E-state index is 0.0565. The summed E-state index contributed by atoms with van der Waals surface area (Å²) in [6, 6.07) is 8.73. The Morgan fingerprint density at radius 3 is 2.43 bits per heavy atom. The minimum Gasteiger partial charge on any atom is -0.493 e. The van der Waals surface area contributed by atoms with Gasteiger partial charge in [-0.3, -0.25) is 14.7 Å². The van der Waals surface area contributed by atoms with E-state index in [1.807, 2.05) is 12.1 Å². The van der Waals surface area contributed by atoms with Crippen LogP contribution in [0.25, 0.3) is 0 Å². The average Bonchev–Trinajstić information content (AvgIpc) is 2.70. The Morgan fingerprint density at radius 2 is 1.90 bits per heavy atom. The van der Waals surface area contributed by atoms with Crippen LogP contribution in [0.3, 0.4) is 0 Å². The Morgan fingerprint density at radius 1 is 1.27 bits per heavy atom. The van der Waals surface area contributed by atoms with Gasteiger partial charge in [0.15, 0.2) is 5.96 Å². The number of nitrogens with two attached hydrogens (primary N) is 1. The maximum absolute atomic E-state index is 11.1. The fourth-order valence-corrected chi connectivity index (χ4v) is 3.52. The summed E-state index contributed by atoms with van der Waals surface area (Å²) >= 11 is 0. The van der Waals surface area contributed by atoms with Gasteiger partial charge in [0, 0.05) is 38.1 Å². The summed E-state index contributed by atoms with van der Waals surface area (Å²) in [5.41, 5.74) is 6.49. The molecule has 0 saturated carbocycles. The van der Waals surface area contributed by atoms with Crippen molar-refractivity contribution in [3.63, 3.8) is 0 Å². The molecule has 0 aromatic heterocycles. The summed E-state index contributed by atoms with van der Waals surface area (Å²) in [6.07, 6.45) is 1.93. The number of nitrogens with one attached hydrogen (secondary N) is 2. The van der Waals surface area contributed by atoms with E-state index in [1.54, 1.807) is 7.05 Å². The van der Waals surface area contributed by atoms with E-state index in [0.717, 1.165) is 50.8 Å². The van der Waals surface area contributed by atoms with Gasteiger partial charge >= 0.3 is 0 Å². The third kappa shape index (κ3) is 7.86. The number of nitrogens with zero attached hydrogens (tertiary/aromatic N) is 2. The predicted octanol–water partition coefficient (Wildman–Crippen LogP) is 2.11. The SMILES string of the molecule is CN=C(NCC(C)(C)c1ccc(OCC(C)C)cc1)NC1CCN(CC(N)=O)CC1. The summed E-state index contributed by atoms with van der Waals surface area (Å²) in [5, 5.41) is 6.99. The summed E-state index contributed by atoms with van der Waals surface area (Å²) in [5.74, 6) is 1.98. The van der Waals surface area contributed by atoms with Gasteiger partial charge < -0.3 is 21.1 Å². The monoisotopic (exact) mass is 417 g/mol. The summed E-state index contributed by atoms with van der Waals surface area (Å²) in [4.78, 5) is 17.6. The fraction of sp³-hybridized carbons (Fsp3) is 0.652. The summed E-state index contributed by atoms with van der Waals surface area (Å²) in [7, 11) is 1.80. The number of primary amides is 1. The van der Waals surface area contributed by atoms with Gasteiger partial charge in [-0.05, 0) is 36.5 Å². The molecule has 1 aliphatic rings. The smallest absolute Gasteiger partial charge is 0.231 e. The molecule has 1 aliphatic heterocycles. The lowest BCUT2D eigenvalue weighted by atomic mass is 9.84. The minimum atomic E-state index is -0.263. The maximum Gasteiger partial charge on any atom is 0.231 e. The molecule has 0 bridgehead atoms. The number of guanidine groups is 1. The van der Waals surface area contributed by atoms with Crippen molar-refractivity contribution >= 4 is 11.9 Å². The van der Waals surface area contributed by atoms with Gasteiger partial charge in [0.1, 0.15) is 5.75 Å². The highest BCUT2D eigenvalue weighted by molar-refractivity contribution is 5.80. The number of carbonyl (C=O) groups is 1. The van der Waals surface area contributed by atoms with Gasteiger partial charge in [0.2, 0.25) is 5.91 Å². The second-order valence-corrected chi connectivity index (χ2v) is 9.20. The number of piperidine rings is 1. The highest BCUT2D eigenvalue weighted by Gasteiger charge is 2.23. The van der Waals surface area contributed by atoms with Crippen LogP contribution in [-0.4, -0.2) is 62.6 Å². The number of carbonyl (C=O) groups excluding carboxylic acids is 1. The van der Waals surface area contributed by atoms with Crippen LogP contribution < -0.4 is 21.1 Å². The zero-order valence-electron chi connectivity index (χ0n) is 19.2. The molecule has 7 heteroatoms. The van der Waals surface area contributed by atoms with Gasteiger partial charge in [-0.15, -0.1) is 0 Å².